The summed E-state index contributed by atoms with van der Waals surface area (Å²) in [5, 5.41) is 3.41. The number of carbonyl (C=O) groups is 1. The van der Waals surface area contributed by atoms with Crippen LogP contribution < -0.4 is 5.32 Å². The van der Waals surface area contributed by atoms with Crippen LogP contribution in [0.25, 0.3) is 5.69 Å². The number of benzene rings is 1. The van der Waals surface area contributed by atoms with Crippen molar-refractivity contribution < 1.29 is 4.79 Å². The van der Waals surface area contributed by atoms with Gasteiger partial charge in [0.2, 0.25) is 0 Å². The molecule has 0 fully saturated rings. The first-order valence-electron chi connectivity index (χ1n) is 6.39. The van der Waals surface area contributed by atoms with E-state index in [4.69, 9.17) is 11.6 Å². The molecule has 1 amide bonds. The quantitative estimate of drug-likeness (QED) is 0.800. The van der Waals surface area contributed by atoms with Crippen LogP contribution in [-0.2, 0) is 0 Å². The van der Waals surface area contributed by atoms with Crippen LogP contribution in [0.2, 0.25) is 5.02 Å². The molecule has 3 aromatic rings. The lowest BCUT2D eigenvalue weighted by Gasteiger charge is -2.12. The van der Waals surface area contributed by atoms with Crippen molar-refractivity contribution in [3.8, 4) is 5.69 Å². The second-order valence-corrected chi connectivity index (χ2v) is 4.86. The molecule has 2 aromatic heterocycles. The molecule has 0 saturated carbocycles. The van der Waals surface area contributed by atoms with Gasteiger partial charge in [-0.15, -0.1) is 0 Å². The fourth-order valence-electron chi connectivity index (χ4n) is 2.01. The first-order chi connectivity index (χ1) is 10.2. The van der Waals surface area contributed by atoms with Crippen LogP contribution >= 0.6 is 11.6 Å². The summed E-state index contributed by atoms with van der Waals surface area (Å²) in [4.78, 5) is 16.3. The van der Waals surface area contributed by atoms with Crippen molar-refractivity contribution in [1.29, 1.82) is 0 Å². The Kier molecular flexibility index (Phi) is 3.71. The molecule has 2 heterocycles. The summed E-state index contributed by atoms with van der Waals surface area (Å²) in [6.45, 7) is 0. The summed E-state index contributed by atoms with van der Waals surface area (Å²) in [6.07, 6.45) is 5.39. The molecule has 0 atom stereocenters. The van der Waals surface area contributed by atoms with Gasteiger partial charge in [-0.3, -0.25) is 9.78 Å². The van der Waals surface area contributed by atoms with Crippen molar-refractivity contribution in [2.45, 2.75) is 0 Å². The number of hydrogen-bond acceptors (Lipinski definition) is 2. The highest BCUT2D eigenvalue weighted by molar-refractivity contribution is 6.31. The van der Waals surface area contributed by atoms with Crippen molar-refractivity contribution in [2.24, 2.45) is 0 Å². The van der Waals surface area contributed by atoms with E-state index >= 15 is 0 Å². The number of aromatic nitrogens is 2. The van der Waals surface area contributed by atoms with Crippen LogP contribution in [0.5, 0.6) is 0 Å². The minimum absolute atomic E-state index is 0.272. The average Bonchev–Trinajstić information content (AvgIpc) is 3.02. The van der Waals surface area contributed by atoms with Crippen LogP contribution in [0, 0.1) is 0 Å². The Morgan fingerprint density at radius 1 is 1.10 bits per heavy atom. The molecule has 0 bridgehead atoms. The van der Waals surface area contributed by atoms with Gasteiger partial charge in [-0.25, -0.2) is 0 Å². The normalized spacial score (nSPS) is 10.3. The first-order valence-corrected chi connectivity index (χ1v) is 6.77. The van der Waals surface area contributed by atoms with E-state index in [-0.39, 0.29) is 5.91 Å². The molecule has 0 aliphatic rings. The number of carbonyl (C=O) groups excluding carboxylic acids is 1. The summed E-state index contributed by atoms with van der Waals surface area (Å²) >= 11 is 6.03. The highest BCUT2D eigenvalue weighted by atomic mass is 35.5. The fraction of sp³-hybridized carbons (Fsp3) is 0. The third kappa shape index (κ3) is 2.95. The predicted molar refractivity (Wildman–Crippen MR) is 83.0 cm³/mol. The average molecular weight is 298 g/mol. The minimum atomic E-state index is -0.272. The standard InChI is InChI=1S/C16H12ClN3O/c17-12-6-7-15(20-9-3-4-10-20)14(11-12)19-16(21)13-5-1-2-8-18-13/h1-11H,(H,19,21). The number of anilines is 1. The number of nitrogens with zero attached hydrogens (tertiary/aromatic N) is 2. The molecule has 0 radical (unpaired) electrons. The zero-order valence-corrected chi connectivity index (χ0v) is 11.8. The molecular formula is C16H12ClN3O. The molecule has 21 heavy (non-hydrogen) atoms. The third-order valence-corrected chi connectivity index (χ3v) is 3.22. The Hall–Kier alpha value is -2.59. The Morgan fingerprint density at radius 2 is 1.90 bits per heavy atom. The highest BCUT2D eigenvalue weighted by Gasteiger charge is 2.11. The van der Waals surface area contributed by atoms with Crippen LogP contribution in [0.3, 0.4) is 0 Å². The molecule has 0 aliphatic heterocycles. The van der Waals surface area contributed by atoms with Crippen LogP contribution in [0.15, 0.2) is 67.1 Å². The number of rotatable bonds is 3. The zero-order valence-electron chi connectivity index (χ0n) is 11.0. The Morgan fingerprint density at radius 3 is 2.62 bits per heavy atom. The zero-order chi connectivity index (χ0) is 14.7. The summed E-state index contributed by atoms with van der Waals surface area (Å²) < 4.78 is 1.91. The summed E-state index contributed by atoms with van der Waals surface area (Å²) in [5.74, 6) is -0.272. The van der Waals surface area contributed by atoms with Gasteiger partial charge < -0.3 is 9.88 Å². The van der Waals surface area contributed by atoms with Gasteiger partial charge in [-0.05, 0) is 42.5 Å². The van der Waals surface area contributed by atoms with Gasteiger partial charge in [0.05, 0.1) is 11.4 Å². The maximum Gasteiger partial charge on any atom is 0.274 e. The summed E-state index contributed by atoms with van der Waals surface area (Å²) in [7, 11) is 0. The number of hydrogen-bond donors (Lipinski definition) is 1. The maximum absolute atomic E-state index is 12.2. The smallest absolute Gasteiger partial charge is 0.274 e. The summed E-state index contributed by atoms with van der Waals surface area (Å²) in [5.41, 5.74) is 1.83. The predicted octanol–water partition coefficient (Wildman–Crippen LogP) is 3.78. The topological polar surface area (TPSA) is 46.9 Å². The second-order valence-electron chi connectivity index (χ2n) is 4.42. The van der Waals surface area contributed by atoms with Gasteiger partial charge in [-0.2, -0.15) is 0 Å². The van der Waals surface area contributed by atoms with Gasteiger partial charge in [-0.1, -0.05) is 17.7 Å². The molecule has 0 saturated heterocycles. The van der Waals surface area contributed by atoms with Crippen molar-refractivity contribution in [3.63, 3.8) is 0 Å². The van der Waals surface area contributed by atoms with E-state index in [1.54, 1.807) is 36.5 Å². The molecule has 4 nitrogen and oxygen atoms in total. The monoisotopic (exact) mass is 297 g/mol. The number of pyridine rings is 1. The van der Waals surface area contributed by atoms with Crippen molar-refractivity contribution in [3.05, 3.63) is 77.8 Å². The molecular weight excluding hydrogens is 286 g/mol. The van der Waals surface area contributed by atoms with Crippen LogP contribution in [-0.4, -0.2) is 15.5 Å². The van der Waals surface area contributed by atoms with E-state index in [1.807, 2.05) is 35.2 Å². The maximum atomic E-state index is 12.2. The van der Waals surface area contributed by atoms with Crippen molar-refractivity contribution in [1.82, 2.24) is 9.55 Å². The molecule has 1 aromatic carbocycles. The Labute approximate surface area is 127 Å². The van der Waals surface area contributed by atoms with Crippen LogP contribution in [0.4, 0.5) is 5.69 Å². The van der Waals surface area contributed by atoms with Crippen molar-refractivity contribution >= 4 is 23.2 Å². The van der Waals surface area contributed by atoms with Gasteiger partial charge in [0, 0.05) is 23.6 Å². The van der Waals surface area contributed by atoms with Gasteiger partial charge in [0.25, 0.3) is 5.91 Å². The van der Waals surface area contributed by atoms with Gasteiger partial charge in [0.15, 0.2) is 0 Å². The van der Waals surface area contributed by atoms with E-state index in [1.165, 1.54) is 0 Å². The van der Waals surface area contributed by atoms with E-state index in [9.17, 15) is 4.79 Å². The number of nitrogens with one attached hydrogen (secondary N) is 1. The van der Waals surface area contributed by atoms with Gasteiger partial charge in [0.1, 0.15) is 5.69 Å². The fourth-order valence-corrected chi connectivity index (χ4v) is 2.18. The van der Waals surface area contributed by atoms with Crippen LogP contribution in [0.1, 0.15) is 10.5 Å². The Balaban J connectivity index is 1.95. The lowest BCUT2D eigenvalue weighted by molar-refractivity contribution is 0.102. The summed E-state index contributed by atoms with van der Waals surface area (Å²) in [6, 6.07) is 14.4. The minimum Gasteiger partial charge on any atom is -0.322 e. The largest absolute Gasteiger partial charge is 0.322 e. The molecule has 0 aliphatic carbocycles. The first kappa shape index (κ1) is 13.4. The lowest BCUT2D eigenvalue weighted by atomic mass is 10.2. The molecule has 1 N–H and O–H groups in total. The van der Waals surface area contributed by atoms with Gasteiger partial charge >= 0.3 is 0 Å². The molecule has 5 heteroatoms. The van der Waals surface area contributed by atoms with E-state index in [0.29, 0.717) is 16.4 Å². The molecule has 0 spiro atoms. The number of amides is 1. The van der Waals surface area contributed by atoms with Crippen molar-refractivity contribution in [2.75, 3.05) is 5.32 Å². The lowest BCUT2D eigenvalue weighted by Crippen LogP contribution is -2.14. The van der Waals surface area contributed by atoms with E-state index in [0.717, 1.165) is 5.69 Å². The molecule has 0 unspecified atom stereocenters. The van der Waals surface area contributed by atoms with E-state index in [2.05, 4.69) is 10.3 Å². The second kappa shape index (κ2) is 5.81. The molecule has 3 rings (SSSR count). The SMILES string of the molecule is O=C(Nc1cc(Cl)ccc1-n1cccc1)c1ccccn1. The third-order valence-electron chi connectivity index (χ3n) is 2.99. The number of halogens is 1. The molecule has 104 valence electrons. The van der Waals surface area contributed by atoms with E-state index < -0.39 is 0 Å². The Bertz CT molecular complexity index is 754. The highest BCUT2D eigenvalue weighted by Crippen LogP contribution is 2.25.